The molecule has 0 heterocycles. The number of ether oxygens (including phenoxy) is 1. The summed E-state index contributed by atoms with van der Waals surface area (Å²) in [5, 5.41) is 5.48. The van der Waals surface area contributed by atoms with E-state index in [-0.39, 0.29) is 17.6 Å². The van der Waals surface area contributed by atoms with Crippen LogP contribution in [0, 0.1) is 5.82 Å². The minimum absolute atomic E-state index is 0.286. The van der Waals surface area contributed by atoms with Crippen molar-refractivity contribution >= 4 is 23.2 Å². The smallest absolute Gasteiger partial charge is 0.255 e. The van der Waals surface area contributed by atoms with E-state index in [0.29, 0.717) is 29.1 Å². The van der Waals surface area contributed by atoms with Gasteiger partial charge in [-0.1, -0.05) is 19.4 Å². The first-order chi connectivity index (χ1) is 14.5. The summed E-state index contributed by atoms with van der Waals surface area (Å²) in [4.78, 5) is 24.9. The van der Waals surface area contributed by atoms with Crippen LogP contribution in [-0.2, 0) is 0 Å². The Hall–Kier alpha value is -3.67. The third-order valence-electron chi connectivity index (χ3n) is 4.37. The van der Waals surface area contributed by atoms with Crippen molar-refractivity contribution in [1.82, 2.24) is 0 Å². The van der Waals surface area contributed by atoms with Gasteiger partial charge in [0.05, 0.1) is 6.61 Å². The van der Waals surface area contributed by atoms with Crippen LogP contribution >= 0.6 is 0 Å². The van der Waals surface area contributed by atoms with Gasteiger partial charge in [-0.2, -0.15) is 0 Å². The van der Waals surface area contributed by atoms with Crippen molar-refractivity contribution in [3.05, 3.63) is 89.7 Å². The summed E-state index contributed by atoms with van der Waals surface area (Å²) in [6.07, 6.45) is 2.04. The second-order valence-electron chi connectivity index (χ2n) is 6.72. The van der Waals surface area contributed by atoms with Gasteiger partial charge in [0.2, 0.25) is 0 Å². The van der Waals surface area contributed by atoms with Gasteiger partial charge in [-0.05, 0) is 73.2 Å². The van der Waals surface area contributed by atoms with Crippen LogP contribution in [0.15, 0.2) is 72.8 Å². The lowest BCUT2D eigenvalue weighted by molar-refractivity contribution is 0.101. The molecule has 0 fully saturated rings. The highest BCUT2D eigenvalue weighted by molar-refractivity contribution is 6.07. The molecule has 30 heavy (non-hydrogen) atoms. The molecule has 0 saturated carbocycles. The second-order valence-corrected chi connectivity index (χ2v) is 6.72. The molecule has 2 N–H and O–H groups in total. The normalized spacial score (nSPS) is 10.3. The van der Waals surface area contributed by atoms with E-state index in [0.717, 1.165) is 18.6 Å². The van der Waals surface area contributed by atoms with Crippen LogP contribution in [0.25, 0.3) is 0 Å². The molecule has 0 spiro atoms. The van der Waals surface area contributed by atoms with E-state index in [4.69, 9.17) is 4.74 Å². The maximum absolute atomic E-state index is 13.0. The predicted molar refractivity (Wildman–Crippen MR) is 116 cm³/mol. The lowest BCUT2D eigenvalue weighted by atomic mass is 10.1. The Morgan fingerprint density at radius 3 is 2.20 bits per heavy atom. The van der Waals surface area contributed by atoms with Crippen molar-refractivity contribution in [1.29, 1.82) is 0 Å². The number of anilines is 2. The molecule has 0 atom stereocenters. The van der Waals surface area contributed by atoms with E-state index in [2.05, 4.69) is 17.6 Å². The Kier molecular flexibility index (Phi) is 7.16. The van der Waals surface area contributed by atoms with Crippen molar-refractivity contribution in [3.63, 3.8) is 0 Å². The Morgan fingerprint density at radius 2 is 1.50 bits per heavy atom. The number of halogens is 1. The molecule has 3 aromatic carbocycles. The number of unbranched alkanes of at least 4 members (excludes halogenated alkanes) is 1. The SMILES string of the molecule is CCCCOc1ccc(C(=O)Nc2cccc(C(=O)Nc3ccc(F)cc3)c2)cc1. The molecule has 0 saturated heterocycles. The van der Waals surface area contributed by atoms with E-state index in [1.807, 2.05) is 0 Å². The van der Waals surface area contributed by atoms with Crippen LogP contribution in [0.3, 0.4) is 0 Å². The number of rotatable bonds is 8. The van der Waals surface area contributed by atoms with E-state index in [1.54, 1.807) is 48.5 Å². The van der Waals surface area contributed by atoms with Crippen molar-refractivity contribution in [2.45, 2.75) is 19.8 Å². The summed E-state index contributed by atoms with van der Waals surface area (Å²) in [7, 11) is 0. The molecule has 154 valence electrons. The van der Waals surface area contributed by atoms with E-state index in [9.17, 15) is 14.0 Å². The molecular formula is C24H23FN2O3. The van der Waals surface area contributed by atoms with Crippen molar-refractivity contribution < 1.29 is 18.7 Å². The maximum Gasteiger partial charge on any atom is 0.255 e. The van der Waals surface area contributed by atoms with Gasteiger partial charge in [-0.15, -0.1) is 0 Å². The summed E-state index contributed by atoms with van der Waals surface area (Å²) >= 11 is 0. The van der Waals surface area contributed by atoms with Crippen LogP contribution in [-0.4, -0.2) is 18.4 Å². The van der Waals surface area contributed by atoms with Crippen molar-refractivity contribution in [2.75, 3.05) is 17.2 Å². The molecule has 2 amide bonds. The highest BCUT2D eigenvalue weighted by Gasteiger charge is 2.10. The highest BCUT2D eigenvalue weighted by Crippen LogP contribution is 2.17. The monoisotopic (exact) mass is 406 g/mol. The Morgan fingerprint density at radius 1 is 0.833 bits per heavy atom. The lowest BCUT2D eigenvalue weighted by Gasteiger charge is -2.09. The van der Waals surface area contributed by atoms with E-state index in [1.165, 1.54) is 24.3 Å². The van der Waals surface area contributed by atoms with Crippen LogP contribution in [0.5, 0.6) is 5.75 Å². The zero-order valence-corrected chi connectivity index (χ0v) is 16.7. The first-order valence-electron chi connectivity index (χ1n) is 9.76. The van der Waals surface area contributed by atoms with Crippen LogP contribution in [0.2, 0.25) is 0 Å². The summed E-state index contributed by atoms with van der Waals surface area (Å²) in [6.45, 7) is 2.74. The quantitative estimate of drug-likeness (QED) is 0.485. The molecule has 0 aliphatic carbocycles. The molecular weight excluding hydrogens is 383 g/mol. The number of benzene rings is 3. The number of amides is 2. The maximum atomic E-state index is 13.0. The average Bonchev–Trinajstić information content (AvgIpc) is 2.76. The van der Waals surface area contributed by atoms with Gasteiger partial charge in [-0.3, -0.25) is 9.59 Å². The van der Waals surface area contributed by atoms with Crippen molar-refractivity contribution in [2.24, 2.45) is 0 Å². The predicted octanol–water partition coefficient (Wildman–Crippen LogP) is 5.51. The molecule has 5 nitrogen and oxygen atoms in total. The first-order valence-corrected chi connectivity index (χ1v) is 9.76. The van der Waals surface area contributed by atoms with E-state index < -0.39 is 0 Å². The van der Waals surface area contributed by atoms with Gasteiger partial charge in [0, 0.05) is 22.5 Å². The van der Waals surface area contributed by atoms with Crippen LogP contribution in [0.1, 0.15) is 40.5 Å². The largest absolute Gasteiger partial charge is 0.494 e. The number of carbonyl (C=O) groups is 2. The third kappa shape index (κ3) is 5.91. The first kappa shape index (κ1) is 21.0. The molecule has 0 aliphatic heterocycles. The Labute approximate surface area is 174 Å². The minimum atomic E-state index is -0.377. The molecule has 6 heteroatoms. The fourth-order valence-electron chi connectivity index (χ4n) is 2.71. The number of hydrogen-bond donors (Lipinski definition) is 2. The second kappa shape index (κ2) is 10.2. The Balaban J connectivity index is 1.62. The molecule has 0 aromatic heterocycles. The van der Waals surface area contributed by atoms with Gasteiger partial charge < -0.3 is 15.4 Å². The Bertz CT molecular complexity index is 1000. The third-order valence-corrected chi connectivity index (χ3v) is 4.37. The van der Waals surface area contributed by atoms with Crippen LogP contribution in [0.4, 0.5) is 15.8 Å². The van der Waals surface area contributed by atoms with E-state index >= 15 is 0 Å². The molecule has 3 rings (SSSR count). The summed E-state index contributed by atoms with van der Waals surface area (Å²) < 4.78 is 18.6. The molecule has 0 unspecified atom stereocenters. The van der Waals surface area contributed by atoms with Gasteiger partial charge in [0.25, 0.3) is 11.8 Å². The molecule has 3 aromatic rings. The van der Waals surface area contributed by atoms with Crippen LogP contribution < -0.4 is 15.4 Å². The summed E-state index contributed by atoms with van der Waals surface area (Å²) in [5.41, 5.74) is 1.84. The lowest BCUT2D eigenvalue weighted by Crippen LogP contribution is -2.14. The number of carbonyl (C=O) groups excluding carboxylic acids is 2. The summed E-state index contributed by atoms with van der Waals surface area (Å²) in [6, 6.07) is 19.0. The standard InChI is InChI=1S/C24H23FN2O3/c1-2-3-15-30-22-13-7-17(8-14-22)23(28)27-21-6-4-5-18(16-21)24(29)26-20-11-9-19(25)10-12-20/h4-14,16H,2-3,15H2,1H3,(H,26,29)(H,27,28). The van der Waals surface area contributed by atoms with Gasteiger partial charge in [0.1, 0.15) is 11.6 Å². The molecule has 0 radical (unpaired) electrons. The highest BCUT2D eigenvalue weighted by atomic mass is 19.1. The molecule has 0 aliphatic rings. The number of nitrogens with one attached hydrogen (secondary N) is 2. The van der Waals surface area contributed by atoms with Crippen molar-refractivity contribution in [3.8, 4) is 5.75 Å². The minimum Gasteiger partial charge on any atom is -0.494 e. The zero-order valence-electron chi connectivity index (χ0n) is 16.7. The average molecular weight is 406 g/mol. The summed E-state index contributed by atoms with van der Waals surface area (Å²) in [5.74, 6) is -0.296. The van der Waals surface area contributed by atoms with Gasteiger partial charge in [0.15, 0.2) is 0 Å². The fraction of sp³-hybridized carbons (Fsp3) is 0.167. The molecule has 0 bridgehead atoms. The van der Waals surface area contributed by atoms with Gasteiger partial charge in [-0.25, -0.2) is 4.39 Å². The fourth-order valence-corrected chi connectivity index (χ4v) is 2.71. The van der Waals surface area contributed by atoms with Gasteiger partial charge >= 0.3 is 0 Å². The topological polar surface area (TPSA) is 67.4 Å². The zero-order chi connectivity index (χ0) is 21.3. The number of hydrogen-bond acceptors (Lipinski definition) is 3.